The van der Waals surface area contributed by atoms with Gasteiger partial charge in [-0.05, 0) is 37.6 Å². The fourth-order valence-electron chi connectivity index (χ4n) is 4.35. The van der Waals surface area contributed by atoms with Crippen LogP contribution in [-0.2, 0) is 9.59 Å². The molecule has 0 bridgehead atoms. The molecular formula is C17H28N2O2. The van der Waals surface area contributed by atoms with Crippen LogP contribution in [0.15, 0.2) is 0 Å². The number of nitrogens with zero attached hydrogens (tertiary/aromatic N) is 1. The van der Waals surface area contributed by atoms with E-state index in [1.165, 1.54) is 25.7 Å². The highest BCUT2D eigenvalue weighted by Crippen LogP contribution is 2.30. The monoisotopic (exact) mass is 292 g/mol. The molecule has 0 radical (unpaired) electrons. The van der Waals surface area contributed by atoms with Crippen LogP contribution in [0.1, 0.15) is 64.7 Å². The molecule has 4 nitrogen and oxygen atoms in total. The van der Waals surface area contributed by atoms with Gasteiger partial charge in [0.25, 0.3) is 0 Å². The predicted molar refractivity (Wildman–Crippen MR) is 81.6 cm³/mol. The van der Waals surface area contributed by atoms with Crippen molar-refractivity contribution in [1.82, 2.24) is 10.2 Å². The molecule has 3 fully saturated rings. The van der Waals surface area contributed by atoms with Crippen LogP contribution in [0.2, 0.25) is 0 Å². The van der Waals surface area contributed by atoms with Crippen molar-refractivity contribution >= 4 is 11.8 Å². The molecule has 21 heavy (non-hydrogen) atoms. The number of nitrogens with one attached hydrogen (secondary N) is 1. The number of hydrogen-bond acceptors (Lipinski definition) is 3. The van der Waals surface area contributed by atoms with E-state index in [4.69, 9.17) is 0 Å². The lowest BCUT2D eigenvalue weighted by Gasteiger charge is -2.29. The molecule has 118 valence electrons. The standard InChI is InChI=1S/C17H28N2O2/c1-12-6-2-3-7-13(12)11-18-15-10-16(20)19(17(15)21)14-8-4-5-9-14/h12-15,18H,2-11H2,1H3. The maximum Gasteiger partial charge on any atom is 0.247 e. The lowest BCUT2D eigenvalue weighted by molar-refractivity contribution is -0.141. The van der Waals surface area contributed by atoms with Crippen LogP contribution in [0.5, 0.6) is 0 Å². The Morgan fingerprint density at radius 3 is 2.43 bits per heavy atom. The van der Waals surface area contributed by atoms with Gasteiger partial charge in [-0.1, -0.05) is 39.0 Å². The molecule has 3 unspecified atom stereocenters. The molecule has 0 spiro atoms. The van der Waals surface area contributed by atoms with E-state index >= 15 is 0 Å². The smallest absolute Gasteiger partial charge is 0.247 e. The Balaban J connectivity index is 1.54. The van der Waals surface area contributed by atoms with Gasteiger partial charge in [-0.3, -0.25) is 14.5 Å². The molecule has 2 amide bonds. The van der Waals surface area contributed by atoms with E-state index in [-0.39, 0.29) is 23.9 Å². The SMILES string of the molecule is CC1CCCCC1CNC1CC(=O)N(C2CCCC2)C1=O. The first-order chi connectivity index (χ1) is 10.2. The van der Waals surface area contributed by atoms with Crippen molar-refractivity contribution in [2.75, 3.05) is 6.54 Å². The van der Waals surface area contributed by atoms with Crippen LogP contribution in [0.3, 0.4) is 0 Å². The van der Waals surface area contributed by atoms with Gasteiger partial charge < -0.3 is 5.32 Å². The Bertz CT molecular complexity index is 404. The first kappa shape index (κ1) is 15.0. The molecule has 4 heteroatoms. The van der Waals surface area contributed by atoms with Gasteiger partial charge in [0.05, 0.1) is 12.5 Å². The minimum atomic E-state index is -0.257. The maximum absolute atomic E-state index is 12.5. The third-order valence-corrected chi connectivity index (χ3v) is 5.79. The Labute approximate surface area is 127 Å². The van der Waals surface area contributed by atoms with Crippen LogP contribution in [0.4, 0.5) is 0 Å². The van der Waals surface area contributed by atoms with Crippen molar-refractivity contribution in [1.29, 1.82) is 0 Å². The number of rotatable bonds is 4. The molecule has 3 aliphatic rings. The minimum absolute atomic E-state index is 0.0374. The maximum atomic E-state index is 12.5. The number of carbonyl (C=O) groups excluding carboxylic acids is 2. The molecular weight excluding hydrogens is 264 g/mol. The average molecular weight is 292 g/mol. The van der Waals surface area contributed by atoms with Crippen LogP contribution in [-0.4, -0.2) is 35.3 Å². The highest BCUT2D eigenvalue weighted by Gasteiger charge is 2.43. The fourth-order valence-corrected chi connectivity index (χ4v) is 4.35. The van der Waals surface area contributed by atoms with Gasteiger partial charge in [0.2, 0.25) is 11.8 Å². The summed E-state index contributed by atoms with van der Waals surface area (Å²) >= 11 is 0. The molecule has 2 saturated carbocycles. The Kier molecular flexibility index (Phi) is 4.63. The van der Waals surface area contributed by atoms with E-state index in [0.717, 1.165) is 38.1 Å². The molecule has 1 aliphatic heterocycles. The molecule has 2 aliphatic carbocycles. The quantitative estimate of drug-likeness (QED) is 0.810. The first-order valence-electron chi connectivity index (χ1n) is 8.76. The van der Waals surface area contributed by atoms with Crippen molar-refractivity contribution in [2.45, 2.75) is 76.8 Å². The summed E-state index contributed by atoms with van der Waals surface area (Å²) in [4.78, 5) is 26.2. The van der Waals surface area contributed by atoms with E-state index in [1.807, 2.05) is 0 Å². The number of hydrogen-bond donors (Lipinski definition) is 1. The number of likely N-dealkylation sites (tertiary alicyclic amines) is 1. The van der Waals surface area contributed by atoms with Crippen molar-refractivity contribution in [3.8, 4) is 0 Å². The van der Waals surface area contributed by atoms with Crippen LogP contribution in [0.25, 0.3) is 0 Å². The van der Waals surface area contributed by atoms with Gasteiger partial charge in [0, 0.05) is 6.04 Å². The zero-order chi connectivity index (χ0) is 14.8. The van der Waals surface area contributed by atoms with Gasteiger partial charge in [-0.15, -0.1) is 0 Å². The highest BCUT2D eigenvalue weighted by molar-refractivity contribution is 6.05. The Morgan fingerprint density at radius 1 is 1.05 bits per heavy atom. The summed E-state index contributed by atoms with van der Waals surface area (Å²) in [5.74, 6) is 1.49. The molecule has 1 N–H and O–H groups in total. The Morgan fingerprint density at radius 2 is 1.71 bits per heavy atom. The predicted octanol–water partition coefficient (Wildman–Crippen LogP) is 2.47. The number of imide groups is 1. The summed E-state index contributed by atoms with van der Waals surface area (Å²) < 4.78 is 0. The third-order valence-electron chi connectivity index (χ3n) is 5.79. The summed E-state index contributed by atoms with van der Waals surface area (Å²) in [7, 11) is 0. The number of carbonyl (C=O) groups is 2. The van der Waals surface area contributed by atoms with Crippen LogP contribution < -0.4 is 5.32 Å². The molecule has 0 aromatic heterocycles. The van der Waals surface area contributed by atoms with Gasteiger partial charge in [0.1, 0.15) is 0 Å². The highest BCUT2D eigenvalue weighted by atomic mass is 16.2. The van der Waals surface area contributed by atoms with E-state index in [2.05, 4.69) is 12.2 Å². The van der Waals surface area contributed by atoms with E-state index in [1.54, 1.807) is 4.90 Å². The van der Waals surface area contributed by atoms with Crippen molar-refractivity contribution in [3.63, 3.8) is 0 Å². The van der Waals surface area contributed by atoms with E-state index in [0.29, 0.717) is 12.3 Å². The van der Waals surface area contributed by atoms with Gasteiger partial charge in [-0.25, -0.2) is 0 Å². The van der Waals surface area contributed by atoms with Gasteiger partial charge >= 0.3 is 0 Å². The van der Waals surface area contributed by atoms with Crippen LogP contribution >= 0.6 is 0 Å². The summed E-state index contributed by atoms with van der Waals surface area (Å²) in [6, 6.07) is -0.0716. The van der Waals surface area contributed by atoms with Crippen molar-refractivity contribution in [3.05, 3.63) is 0 Å². The zero-order valence-corrected chi connectivity index (χ0v) is 13.1. The molecule has 1 saturated heterocycles. The second-order valence-corrected chi connectivity index (χ2v) is 7.23. The topological polar surface area (TPSA) is 49.4 Å². The van der Waals surface area contributed by atoms with Crippen LogP contribution in [0, 0.1) is 11.8 Å². The lowest BCUT2D eigenvalue weighted by Crippen LogP contribution is -2.44. The lowest BCUT2D eigenvalue weighted by atomic mass is 9.80. The van der Waals surface area contributed by atoms with E-state index in [9.17, 15) is 9.59 Å². The summed E-state index contributed by atoms with van der Waals surface area (Å²) in [6.45, 7) is 3.21. The minimum Gasteiger partial charge on any atom is -0.305 e. The van der Waals surface area contributed by atoms with Gasteiger partial charge in [-0.2, -0.15) is 0 Å². The molecule has 3 rings (SSSR count). The first-order valence-corrected chi connectivity index (χ1v) is 8.76. The van der Waals surface area contributed by atoms with Crippen molar-refractivity contribution in [2.24, 2.45) is 11.8 Å². The zero-order valence-electron chi connectivity index (χ0n) is 13.1. The van der Waals surface area contributed by atoms with E-state index < -0.39 is 0 Å². The largest absolute Gasteiger partial charge is 0.305 e. The summed E-state index contributed by atoms with van der Waals surface area (Å²) in [6.07, 6.45) is 9.90. The average Bonchev–Trinajstić information content (AvgIpc) is 3.07. The molecule has 3 atom stereocenters. The Hall–Kier alpha value is -0.900. The number of amides is 2. The van der Waals surface area contributed by atoms with Crippen molar-refractivity contribution < 1.29 is 9.59 Å². The molecule has 0 aromatic rings. The fraction of sp³-hybridized carbons (Fsp3) is 0.882. The molecule has 1 heterocycles. The van der Waals surface area contributed by atoms with Gasteiger partial charge in [0.15, 0.2) is 0 Å². The summed E-state index contributed by atoms with van der Waals surface area (Å²) in [5, 5.41) is 3.40. The second-order valence-electron chi connectivity index (χ2n) is 7.23. The third kappa shape index (κ3) is 3.15. The normalized spacial score (nSPS) is 34.9. The summed E-state index contributed by atoms with van der Waals surface area (Å²) in [5.41, 5.74) is 0. The molecule has 0 aromatic carbocycles. The second kappa shape index (κ2) is 6.47.